The van der Waals surface area contributed by atoms with Crippen LogP contribution in [0.2, 0.25) is 0 Å². The van der Waals surface area contributed by atoms with Gasteiger partial charge in [-0.3, -0.25) is 4.90 Å². The van der Waals surface area contributed by atoms with Crippen molar-refractivity contribution in [3.63, 3.8) is 0 Å². The van der Waals surface area contributed by atoms with Crippen molar-refractivity contribution in [1.82, 2.24) is 9.88 Å². The molecular weight excluding hydrogens is 308 g/mol. The topological polar surface area (TPSA) is 42.4 Å². The number of fused-ring (bicyclic) bond motifs is 2. The van der Waals surface area contributed by atoms with Gasteiger partial charge in [0.05, 0.1) is 18.6 Å². The van der Waals surface area contributed by atoms with Gasteiger partial charge in [-0.1, -0.05) is 17.7 Å². The molecular formula is C18H16N2O2S. The number of pyridine rings is 1. The fourth-order valence-corrected chi connectivity index (χ4v) is 3.73. The molecule has 1 aliphatic rings. The summed E-state index contributed by atoms with van der Waals surface area (Å²) >= 11 is 1.64. The molecule has 0 unspecified atom stereocenters. The number of benzene rings is 1. The Morgan fingerprint density at radius 3 is 2.96 bits per heavy atom. The molecule has 1 amide bonds. The lowest BCUT2D eigenvalue weighted by atomic mass is 10.0. The molecule has 1 aliphatic heterocycles. The highest BCUT2D eigenvalue weighted by Gasteiger charge is 2.27. The SMILES string of the molecule is Cc1cc(C)c2nc3c(cc2c1)CN(Cc1cccs1)C(=O)O3. The molecule has 3 aromatic rings. The van der Waals surface area contributed by atoms with Gasteiger partial charge in [-0.2, -0.15) is 0 Å². The molecule has 0 saturated heterocycles. The lowest BCUT2D eigenvalue weighted by Gasteiger charge is -2.27. The van der Waals surface area contributed by atoms with Crippen LogP contribution >= 0.6 is 11.3 Å². The second-order valence-electron chi connectivity index (χ2n) is 5.91. The van der Waals surface area contributed by atoms with Crippen molar-refractivity contribution in [1.29, 1.82) is 0 Å². The van der Waals surface area contributed by atoms with Crippen LogP contribution in [-0.2, 0) is 13.1 Å². The van der Waals surface area contributed by atoms with Gasteiger partial charge in [-0.05, 0) is 43.0 Å². The maximum Gasteiger partial charge on any atom is 0.417 e. The first-order chi connectivity index (χ1) is 11.1. The second kappa shape index (κ2) is 5.35. The Morgan fingerprint density at radius 2 is 2.17 bits per heavy atom. The van der Waals surface area contributed by atoms with Crippen LogP contribution in [0.5, 0.6) is 5.88 Å². The number of thiophene rings is 1. The van der Waals surface area contributed by atoms with E-state index in [9.17, 15) is 4.79 Å². The van der Waals surface area contributed by atoms with Crippen LogP contribution in [0.1, 0.15) is 21.6 Å². The molecule has 5 heteroatoms. The first kappa shape index (κ1) is 14.2. The van der Waals surface area contributed by atoms with Crippen molar-refractivity contribution in [3.05, 3.63) is 57.3 Å². The Kier molecular flexibility index (Phi) is 3.31. The van der Waals surface area contributed by atoms with Crippen LogP contribution in [0, 0.1) is 13.8 Å². The van der Waals surface area contributed by atoms with Crippen molar-refractivity contribution < 1.29 is 9.53 Å². The minimum absolute atomic E-state index is 0.331. The summed E-state index contributed by atoms with van der Waals surface area (Å²) in [5.74, 6) is 0.442. The van der Waals surface area contributed by atoms with E-state index in [-0.39, 0.29) is 6.09 Å². The summed E-state index contributed by atoms with van der Waals surface area (Å²) in [5.41, 5.74) is 4.16. The largest absolute Gasteiger partial charge is 0.417 e. The number of amides is 1. The molecule has 0 atom stereocenters. The number of ether oxygens (including phenoxy) is 1. The highest BCUT2D eigenvalue weighted by Crippen LogP contribution is 2.30. The van der Waals surface area contributed by atoms with Crippen LogP contribution in [-0.4, -0.2) is 16.0 Å². The summed E-state index contributed by atoms with van der Waals surface area (Å²) in [7, 11) is 0. The fraction of sp³-hybridized carbons (Fsp3) is 0.222. The molecule has 0 radical (unpaired) electrons. The molecule has 0 aliphatic carbocycles. The number of rotatable bonds is 2. The third kappa shape index (κ3) is 2.57. The lowest BCUT2D eigenvalue weighted by Crippen LogP contribution is -2.36. The van der Waals surface area contributed by atoms with Crippen molar-refractivity contribution >= 4 is 28.3 Å². The lowest BCUT2D eigenvalue weighted by molar-refractivity contribution is 0.133. The summed E-state index contributed by atoms with van der Waals surface area (Å²) in [6.07, 6.45) is -0.331. The smallest absolute Gasteiger partial charge is 0.391 e. The van der Waals surface area contributed by atoms with Crippen molar-refractivity contribution in [2.24, 2.45) is 0 Å². The van der Waals surface area contributed by atoms with E-state index in [0.717, 1.165) is 26.9 Å². The number of carbonyl (C=O) groups excluding carboxylic acids is 1. The van der Waals surface area contributed by atoms with E-state index in [1.54, 1.807) is 16.2 Å². The van der Waals surface area contributed by atoms with E-state index < -0.39 is 0 Å². The minimum atomic E-state index is -0.331. The third-order valence-electron chi connectivity index (χ3n) is 4.02. The van der Waals surface area contributed by atoms with Gasteiger partial charge in [0, 0.05) is 15.8 Å². The summed E-state index contributed by atoms with van der Waals surface area (Å²) < 4.78 is 5.47. The highest BCUT2D eigenvalue weighted by atomic mass is 32.1. The van der Waals surface area contributed by atoms with E-state index in [1.807, 2.05) is 24.4 Å². The maximum atomic E-state index is 12.2. The normalized spacial score (nSPS) is 14.0. The van der Waals surface area contributed by atoms with Crippen LogP contribution in [0.4, 0.5) is 4.79 Å². The Hall–Kier alpha value is -2.40. The number of carbonyl (C=O) groups is 1. The number of aromatic nitrogens is 1. The Bertz CT molecular complexity index is 903. The molecule has 4 rings (SSSR count). The summed E-state index contributed by atoms with van der Waals surface area (Å²) in [4.78, 5) is 19.7. The molecule has 2 aromatic heterocycles. The standard InChI is InChI=1S/C18H16N2O2S/c1-11-6-12(2)16-13(7-11)8-14-9-20(10-15-4-3-5-23-15)18(21)22-17(14)19-16/h3-8H,9-10H2,1-2H3. The number of nitrogens with zero attached hydrogens (tertiary/aromatic N) is 2. The minimum Gasteiger partial charge on any atom is -0.391 e. The van der Waals surface area contributed by atoms with E-state index in [1.165, 1.54) is 5.56 Å². The van der Waals surface area contributed by atoms with E-state index in [0.29, 0.717) is 19.0 Å². The quantitative estimate of drug-likeness (QED) is 0.700. The molecule has 0 spiro atoms. The molecule has 0 fully saturated rings. The molecule has 0 saturated carbocycles. The molecule has 3 heterocycles. The first-order valence-corrected chi connectivity index (χ1v) is 8.38. The van der Waals surface area contributed by atoms with Crippen molar-refractivity contribution in [2.45, 2.75) is 26.9 Å². The average Bonchev–Trinajstić information content (AvgIpc) is 3.00. The van der Waals surface area contributed by atoms with Gasteiger partial charge in [0.15, 0.2) is 0 Å². The third-order valence-corrected chi connectivity index (χ3v) is 4.88. The van der Waals surface area contributed by atoms with Gasteiger partial charge in [0.2, 0.25) is 5.88 Å². The predicted octanol–water partition coefficient (Wildman–Crippen LogP) is 4.43. The Labute approximate surface area is 138 Å². The van der Waals surface area contributed by atoms with Crippen molar-refractivity contribution in [3.8, 4) is 5.88 Å². The van der Waals surface area contributed by atoms with E-state index >= 15 is 0 Å². The van der Waals surface area contributed by atoms with Gasteiger partial charge in [0.1, 0.15) is 0 Å². The summed E-state index contributed by atoms with van der Waals surface area (Å²) in [6, 6.07) is 10.3. The summed E-state index contributed by atoms with van der Waals surface area (Å²) in [6.45, 7) is 5.21. The van der Waals surface area contributed by atoms with Gasteiger partial charge < -0.3 is 4.74 Å². The second-order valence-corrected chi connectivity index (χ2v) is 6.94. The number of hydrogen-bond acceptors (Lipinski definition) is 4. The van der Waals surface area contributed by atoms with E-state index in [2.05, 4.69) is 30.1 Å². The fourth-order valence-electron chi connectivity index (χ4n) is 3.01. The Morgan fingerprint density at radius 1 is 1.30 bits per heavy atom. The zero-order valence-electron chi connectivity index (χ0n) is 13.0. The zero-order valence-corrected chi connectivity index (χ0v) is 13.8. The molecule has 4 nitrogen and oxygen atoms in total. The van der Waals surface area contributed by atoms with Crippen LogP contribution in [0.25, 0.3) is 10.9 Å². The highest BCUT2D eigenvalue weighted by molar-refractivity contribution is 7.09. The molecule has 0 N–H and O–H groups in total. The van der Waals surface area contributed by atoms with Gasteiger partial charge >= 0.3 is 6.09 Å². The molecule has 23 heavy (non-hydrogen) atoms. The number of hydrogen-bond donors (Lipinski definition) is 0. The monoisotopic (exact) mass is 324 g/mol. The van der Waals surface area contributed by atoms with Gasteiger partial charge in [-0.25, -0.2) is 9.78 Å². The van der Waals surface area contributed by atoms with Gasteiger partial charge in [-0.15, -0.1) is 11.3 Å². The molecule has 1 aromatic carbocycles. The van der Waals surface area contributed by atoms with E-state index in [4.69, 9.17) is 4.74 Å². The number of aryl methyl sites for hydroxylation is 2. The maximum absolute atomic E-state index is 12.2. The first-order valence-electron chi connectivity index (χ1n) is 7.50. The zero-order chi connectivity index (χ0) is 16.0. The van der Waals surface area contributed by atoms with Crippen molar-refractivity contribution in [2.75, 3.05) is 0 Å². The summed E-state index contributed by atoms with van der Waals surface area (Å²) in [5, 5.41) is 3.11. The molecule has 116 valence electrons. The molecule has 0 bridgehead atoms. The van der Waals surface area contributed by atoms with Crippen LogP contribution in [0.3, 0.4) is 0 Å². The predicted molar refractivity (Wildman–Crippen MR) is 90.8 cm³/mol. The van der Waals surface area contributed by atoms with Crippen LogP contribution in [0.15, 0.2) is 35.7 Å². The average molecular weight is 324 g/mol. The van der Waals surface area contributed by atoms with Gasteiger partial charge in [0.25, 0.3) is 0 Å². The van der Waals surface area contributed by atoms with Crippen LogP contribution < -0.4 is 4.74 Å². The Balaban J connectivity index is 1.73.